The first-order valence-electron chi connectivity index (χ1n) is 8.20. The van der Waals surface area contributed by atoms with Crippen molar-refractivity contribution in [2.45, 2.75) is 51.6 Å². The minimum atomic E-state index is -0.0982. The molecule has 1 heterocycles. The maximum absolute atomic E-state index is 13.3. The molecule has 1 saturated heterocycles. The third-order valence-electron chi connectivity index (χ3n) is 3.92. The molecule has 1 fully saturated rings. The zero-order valence-corrected chi connectivity index (χ0v) is 15.5. The number of hydrogen-bond donors (Lipinski definition) is 0. The molecule has 0 saturated carbocycles. The van der Waals surface area contributed by atoms with E-state index >= 15 is 0 Å². The number of rotatable bonds is 5. The van der Waals surface area contributed by atoms with Crippen molar-refractivity contribution < 1.29 is 14.3 Å². The van der Waals surface area contributed by atoms with Gasteiger partial charge in [0, 0.05) is 24.3 Å². The van der Waals surface area contributed by atoms with E-state index < -0.39 is 0 Å². The lowest BCUT2D eigenvalue weighted by molar-refractivity contribution is 0.0628. The van der Waals surface area contributed by atoms with Crippen LogP contribution in [0.15, 0.2) is 18.2 Å². The third kappa shape index (κ3) is 4.01. The number of ether oxygens (including phenoxy) is 2. The predicted octanol–water partition coefficient (Wildman–Crippen LogP) is 4.11. The van der Waals surface area contributed by atoms with Gasteiger partial charge in [0.25, 0.3) is 5.91 Å². The van der Waals surface area contributed by atoms with Crippen molar-refractivity contribution in [1.82, 2.24) is 4.90 Å². The molecule has 5 heteroatoms. The zero-order valence-electron chi connectivity index (χ0n) is 14.7. The van der Waals surface area contributed by atoms with E-state index in [9.17, 15) is 4.79 Å². The van der Waals surface area contributed by atoms with Crippen LogP contribution in [0.2, 0.25) is 0 Å². The predicted molar refractivity (Wildman–Crippen MR) is 95.2 cm³/mol. The van der Waals surface area contributed by atoms with E-state index in [1.165, 1.54) is 0 Å². The van der Waals surface area contributed by atoms with Gasteiger partial charge >= 0.3 is 0 Å². The van der Waals surface area contributed by atoms with E-state index in [1.807, 2.05) is 50.8 Å². The Morgan fingerprint density at radius 3 is 2.52 bits per heavy atom. The van der Waals surface area contributed by atoms with Gasteiger partial charge in [0.1, 0.15) is 11.2 Å². The van der Waals surface area contributed by atoms with Crippen LogP contribution in [0.25, 0.3) is 0 Å². The number of thioether (sulfide) groups is 1. The zero-order chi connectivity index (χ0) is 17.0. The molecular formula is C18H27NO3S. The number of methoxy groups -OCH3 is 1. The first-order valence-corrected chi connectivity index (χ1v) is 9.25. The molecule has 0 N–H and O–H groups in total. The summed E-state index contributed by atoms with van der Waals surface area (Å²) in [5.41, 5.74) is 1.46. The Labute approximate surface area is 143 Å². The van der Waals surface area contributed by atoms with Gasteiger partial charge in [0.05, 0.1) is 12.7 Å². The molecule has 1 unspecified atom stereocenters. The van der Waals surface area contributed by atoms with Crippen LogP contribution in [0.1, 0.15) is 55.5 Å². The van der Waals surface area contributed by atoms with Crippen LogP contribution < -0.4 is 4.74 Å². The second-order valence-corrected chi connectivity index (χ2v) is 7.42. The Hall–Kier alpha value is -1.20. The quantitative estimate of drug-likeness (QED) is 0.810. The number of carbonyl (C=O) groups excluding carboxylic acids is 1. The highest BCUT2D eigenvalue weighted by Crippen LogP contribution is 2.39. The van der Waals surface area contributed by atoms with Gasteiger partial charge in [-0.3, -0.25) is 4.79 Å². The van der Waals surface area contributed by atoms with Gasteiger partial charge in [-0.2, -0.15) is 0 Å². The maximum Gasteiger partial charge on any atom is 0.258 e. The highest BCUT2D eigenvalue weighted by molar-refractivity contribution is 7.99. The van der Waals surface area contributed by atoms with Crippen molar-refractivity contribution in [1.29, 1.82) is 0 Å². The molecule has 1 aliphatic heterocycles. The van der Waals surface area contributed by atoms with Gasteiger partial charge in [-0.25, -0.2) is 0 Å². The molecule has 1 aromatic rings. The van der Waals surface area contributed by atoms with E-state index in [2.05, 4.69) is 0 Å². The topological polar surface area (TPSA) is 38.8 Å². The molecule has 1 amide bonds. The van der Waals surface area contributed by atoms with Gasteiger partial charge in [-0.1, -0.05) is 12.1 Å². The van der Waals surface area contributed by atoms with E-state index in [0.29, 0.717) is 11.3 Å². The van der Waals surface area contributed by atoms with Crippen molar-refractivity contribution >= 4 is 17.7 Å². The first-order chi connectivity index (χ1) is 11.0. The van der Waals surface area contributed by atoms with Crippen LogP contribution in [0.4, 0.5) is 0 Å². The summed E-state index contributed by atoms with van der Waals surface area (Å²) in [7, 11) is 1.61. The molecule has 0 bridgehead atoms. The lowest BCUT2D eigenvalue weighted by Crippen LogP contribution is -2.42. The van der Waals surface area contributed by atoms with Crippen LogP contribution in [0.3, 0.4) is 0 Å². The summed E-state index contributed by atoms with van der Waals surface area (Å²) in [5.74, 6) is 1.68. The molecule has 1 atom stereocenters. The highest BCUT2D eigenvalue weighted by atomic mass is 32.2. The minimum absolute atomic E-state index is 0.0113. The smallest absolute Gasteiger partial charge is 0.258 e. The van der Waals surface area contributed by atoms with Crippen molar-refractivity contribution in [3.63, 3.8) is 0 Å². The van der Waals surface area contributed by atoms with Crippen LogP contribution in [-0.4, -0.2) is 42.4 Å². The van der Waals surface area contributed by atoms with E-state index in [1.54, 1.807) is 18.9 Å². The molecule has 128 valence electrons. The van der Waals surface area contributed by atoms with E-state index in [-0.39, 0.29) is 23.4 Å². The van der Waals surface area contributed by atoms with Gasteiger partial charge in [-0.15, -0.1) is 11.8 Å². The fraction of sp³-hybridized carbons (Fsp3) is 0.611. The monoisotopic (exact) mass is 337 g/mol. The van der Waals surface area contributed by atoms with Gasteiger partial charge in [0.2, 0.25) is 0 Å². The largest absolute Gasteiger partial charge is 0.496 e. The second-order valence-electron chi connectivity index (χ2n) is 6.25. The van der Waals surface area contributed by atoms with Crippen LogP contribution in [-0.2, 0) is 4.74 Å². The molecule has 0 aromatic heterocycles. The Balaban J connectivity index is 2.47. The summed E-state index contributed by atoms with van der Waals surface area (Å²) >= 11 is 1.75. The molecule has 2 rings (SSSR count). The van der Waals surface area contributed by atoms with Crippen molar-refractivity contribution in [3.8, 4) is 5.75 Å². The number of carbonyl (C=O) groups is 1. The Bertz CT molecular complexity index is 531. The molecule has 1 aromatic carbocycles. The second kappa shape index (κ2) is 8.06. The van der Waals surface area contributed by atoms with Gasteiger partial charge < -0.3 is 14.4 Å². The summed E-state index contributed by atoms with van der Waals surface area (Å²) in [6.07, 6.45) is 1.05. The Morgan fingerprint density at radius 2 is 2.00 bits per heavy atom. The maximum atomic E-state index is 13.3. The third-order valence-corrected chi connectivity index (χ3v) is 5.14. The molecule has 4 nitrogen and oxygen atoms in total. The summed E-state index contributed by atoms with van der Waals surface area (Å²) < 4.78 is 11.4. The van der Waals surface area contributed by atoms with Crippen LogP contribution in [0.5, 0.6) is 5.75 Å². The minimum Gasteiger partial charge on any atom is -0.496 e. The Morgan fingerprint density at radius 1 is 1.30 bits per heavy atom. The fourth-order valence-corrected chi connectivity index (χ4v) is 4.07. The lowest BCUT2D eigenvalue weighted by Gasteiger charge is -2.33. The number of nitrogens with zero attached hydrogens (tertiary/aromatic N) is 1. The van der Waals surface area contributed by atoms with Crippen LogP contribution in [0, 0.1) is 0 Å². The molecule has 0 spiro atoms. The number of benzene rings is 1. The summed E-state index contributed by atoms with van der Waals surface area (Å²) in [5, 5.41) is 0. The SMILES string of the molecule is COc1cccc(C2OCCCS2)c1C(=O)N(C(C)C)C(C)C. The summed E-state index contributed by atoms with van der Waals surface area (Å²) in [4.78, 5) is 15.1. The normalized spacial score (nSPS) is 18.3. The number of amides is 1. The molecular weight excluding hydrogens is 310 g/mol. The van der Waals surface area contributed by atoms with Crippen molar-refractivity contribution in [3.05, 3.63) is 29.3 Å². The summed E-state index contributed by atoms with van der Waals surface area (Å²) in [6.45, 7) is 8.90. The van der Waals surface area contributed by atoms with Crippen molar-refractivity contribution in [2.24, 2.45) is 0 Å². The standard InChI is InChI=1S/C18H27NO3S/c1-12(2)19(13(3)4)17(20)16-14(8-6-9-15(16)21-5)18-22-10-7-11-23-18/h6,8-9,12-13,18H,7,10-11H2,1-5H3. The lowest BCUT2D eigenvalue weighted by atomic mass is 10.0. The summed E-state index contributed by atoms with van der Waals surface area (Å²) in [6, 6.07) is 6.01. The molecule has 1 aliphatic rings. The van der Waals surface area contributed by atoms with Gasteiger partial charge in [0.15, 0.2) is 0 Å². The molecule has 0 aliphatic carbocycles. The van der Waals surface area contributed by atoms with E-state index in [0.717, 1.165) is 24.3 Å². The Kier molecular flexibility index (Phi) is 6.36. The van der Waals surface area contributed by atoms with E-state index in [4.69, 9.17) is 9.47 Å². The number of hydrogen-bond acceptors (Lipinski definition) is 4. The average Bonchev–Trinajstić information content (AvgIpc) is 2.54. The first kappa shape index (κ1) is 18.1. The molecule has 23 heavy (non-hydrogen) atoms. The average molecular weight is 337 g/mol. The molecule has 0 radical (unpaired) electrons. The van der Waals surface area contributed by atoms with Crippen LogP contribution >= 0.6 is 11.8 Å². The van der Waals surface area contributed by atoms with Crippen molar-refractivity contribution in [2.75, 3.05) is 19.5 Å². The highest BCUT2D eigenvalue weighted by Gasteiger charge is 2.30. The fourth-order valence-electron chi connectivity index (χ4n) is 3.01. The van der Waals surface area contributed by atoms with Gasteiger partial charge in [-0.05, 0) is 45.9 Å².